The number of halogens is 2. The zero-order valence-electron chi connectivity index (χ0n) is 9.20. The molecule has 90 valence electrons. The number of nitriles is 1. The lowest BCUT2D eigenvalue weighted by molar-refractivity contribution is 0.0267. The highest BCUT2D eigenvalue weighted by molar-refractivity contribution is 6.36. The first kappa shape index (κ1) is 12.7. The van der Waals surface area contributed by atoms with Crippen LogP contribution in [0.25, 0.3) is 0 Å². The lowest BCUT2D eigenvalue weighted by atomic mass is 10.1. The topological polar surface area (TPSA) is 36.3 Å². The third-order valence-corrected chi connectivity index (χ3v) is 3.47. The van der Waals surface area contributed by atoms with Crippen LogP contribution < -0.4 is 0 Å². The molecule has 2 rings (SSSR count). The number of benzene rings is 1. The SMILES string of the molecule is N#C[C@@H](c1c(Cl)cccc1Cl)N1CCOCC1. The molecule has 1 aromatic rings. The van der Waals surface area contributed by atoms with Gasteiger partial charge in [-0.15, -0.1) is 0 Å². The summed E-state index contributed by atoms with van der Waals surface area (Å²) in [5.41, 5.74) is 0.695. The molecule has 1 aliphatic heterocycles. The van der Waals surface area contributed by atoms with Gasteiger partial charge in [0.05, 0.1) is 19.3 Å². The Balaban J connectivity index is 2.32. The standard InChI is InChI=1S/C12H12Cl2N2O/c13-9-2-1-3-10(14)12(9)11(8-15)16-4-6-17-7-5-16/h1-3,11H,4-7H2/t11-/m0/s1. The summed E-state index contributed by atoms with van der Waals surface area (Å²) in [6, 6.07) is 7.16. The summed E-state index contributed by atoms with van der Waals surface area (Å²) >= 11 is 12.3. The Morgan fingerprint density at radius 2 is 1.82 bits per heavy atom. The maximum atomic E-state index is 9.33. The van der Waals surface area contributed by atoms with E-state index in [2.05, 4.69) is 6.07 Å². The number of hydrogen-bond acceptors (Lipinski definition) is 3. The van der Waals surface area contributed by atoms with Crippen molar-refractivity contribution in [1.82, 2.24) is 4.90 Å². The van der Waals surface area contributed by atoms with Crippen LogP contribution in [-0.2, 0) is 4.74 Å². The van der Waals surface area contributed by atoms with Crippen molar-refractivity contribution >= 4 is 23.2 Å². The highest BCUT2D eigenvalue weighted by Gasteiger charge is 2.25. The van der Waals surface area contributed by atoms with Gasteiger partial charge < -0.3 is 4.74 Å². The molecule has 0 radical (unpaired) electrons. The van der Waals surface area contributed by atoms with Crippen LogP contribution in [0.2, 0.25) is 10.0 Å². The van der Waals surface area contributed by atoms with E-state index in [0.29, 0.717) is 28.8 Å². The van der Waals surface area contributed by atoms with E-state index in [1.807, 2.05) is 4.90 Å². The number of nitrogens with zero attached hydrogens (tertiary/aromatic N) is 2. The molecule has 1 aliphatic rings. The Kier molecular flexibility index (Phi) is 4.25. The third kappa shape index (κ3) is 2.72. The molecule has 0 saturated carbocycles. The second-order valence-electron chi connectivity index (χ2n) is 3.82. The van der Waals surface area contributed by atoms with Crippen molar-refractivity contribution in [2.75, 3.05) is 26.3 Å². The molecule has 0 N–H and O–H groups in total. The monoisotopic (exact) mass is 270 g/mol. The third-order valence-electron chi connectivity index (χ3n) is 2.81. The highest BCUT2D eigenvalue weighted by Crippen LogP contribution is 2.33. The summed E-state index contributed by atoms with van der Waals surface area (Å²) in [6.07, 6.45) is 0. The fourth-order valence-electron chi connectivity index (χ4n) is 1.94. The molecule has 0 spiro atoms. The maximum absolute atomic E-state index is 9.33. The van der Waals surface area contributed by atoms with Crippen LogP contribution in [-0.4, -0.2) is 31.2 Å². The Bertz CT molecular complexity index is 418. The molecule has 3 nitrogen and oxygen atoms in total. The minimum Gasteiger partial charge on any atom is -0.379 e. The fraction of sp³-hybridized carbons (Fsp3) is 0.417. The summed E-state index contributed by atoms with van der Waals surface area (Å²) in [7, 11) is 0. The van der Waals surface area contributed by atoms with Crippen molar-refractivity contribution in [2.45, 2.75) is 6.04 Å². The maximum Gasteiger partial charge on any atom is 0.126 e. The molecule has 0 amide bonds. The van der Waals surface area contributed by atoms with Crippen LogP contribution in [0.3, 0.4) is 0 Å². The van der Waals surface area contributed by atoms with Gasteiger partial charge in [-0.1, -0.05) is 29.3 Å². The van der Waals surface area contributed by atoms with Crippen LogP contribution >= 0.6 is 23.2 Å². The number of rotatable bonds is 2. The van der Waals surface area contributed by atoms with E-state index in [1.54, 1.807) is 18.2 Å². The van der Waals surface area contributed by atoms with Crippen LogP contribution in [0, 0.1) is 11.3 Å². The van der Waals surface area contributed by atoms with Gasteiger partial charge in [-0.3, -0.25) is 4.90 Å². The Labute approximate surface area is 110 Å². The average molecular weight is 271 g/mol. The van der Waals surface area contributed by atoms with Gasteiger partial charge in [0.15, 0.2) is 0 Å². The minimum atomic E-state index is -0.403. The van der Waals surface area contributed by atoms with Gasteiger partial charge in [-0.05, 0) is 12.1 Å². The normalized spacial score (nSPS) is 18.6. The van der Waals surface area contributed by atoms with Crippen molar-refractivity contribution in [3.8, 4) is 6.07 Å². The molecule has 1 aromatic carbocycles. The van der Waals surface area contributed by atoms with Gasteiger partial charge in [0.25, 0.3) is 0 Å². The van der Waals surface area contributed by atoms with E-state index in [0.717, 1.165) is 13.1 Å². The summed E-state index contributed by atoms with van der Waals surface area (Å²) < 4.78 is 5.27. The van der Waals surface area contributed by atoms with E-state index in [-0.39, 0.29) is 0 Å². The van der Waals surface area contributed by atoms with Crippen LogP contribution in [0.4, 0.5) is 0 Å². The number of hydrogen-bond donors (Lipinski definition) is 0. The van der Waals surface area contributed by atoms with Gasteiger partial charge >= 0.3 is 0 Å². The molecule has 1 fully saturated rings. The molecule has 1 atom stereocenters. The summed E-state index contributed by atoms with van der Waals surface area (Å²) in [6.45, 7) is 2.72. The first-order valence-electron chi connectivity index (χ1n) is 5.39. The molecule has 17 heavy (non-hydrogen) atoms. The summed E-state index contributed by atoms with van der Waals surface area (Å²) in [4.78, 5) is 2.04. The van der Waals surface area contributed by atoms with E-state index in [1.165, 1.54) is 0 Å². The van der Waals surface area contributed by atoms with Crippen molar-refractivity contribution in [3.05, 3.63) is 33.8 Å². The molecule has 1 heterocycles. The predicted molar refractivity (Wildman–Crippen MR) is 67.2 cm³/mol. The lowest BCUT2D eigenvalue weighted by Gasteiger charge is -2.31. The second kappa shape index (κ2) is 5.70. The molecule has 0 bridgehead atoms. The Morgan fingerprint density at radius 1 is 1.24 bits per heavy atom. The zero-order chi connectivity index (χ0) is 12.3. The molecule has 0 aliphatic carbocycles. The van der Waals surface area contributed by atoms with Crippen molar-refractivity contribution in [2.24, 2.45) is 0 Å². The van der Waals surface area contributed by atoms with Gasteiger partial charge in [-0.2, -0.15) is 5.26 Å². The zero-order valence-corrected chi connectivity index (χ0v) is 10.7. The fourth-order valence-corrected chi connectivity index (χ4v) is 2.54. The molecular weight excluding hydrogens is 259 g/mol. The summed E-state index contributed by atoms with van der Waals surface area (Å²) in [5, 5.41) is 10.4. The molecule has 0 unspecified atom stereocenters. The molecule has 0 aromatic heterocycles. The minimum absolute atomic E-state index is 0.403. The average Bonchev–Trinajstić information content (AvgIpc) is 2.35. The predicted octanol–water partition coefficient (Wildman–Crippen LogP) is 2.89. The van der Waals surface area contributed by atoms with Crippen molar-refractivity contribution < 1.29 is 4.74 Å². The van der Waals surface area contributed by atoms with Crippen LogP contribution in [0.15, 0.2) is 18.2 Å². The van der Waals surface area contributed by atoms with Gasteiger partial charge in [0.1, 0.15) is 6.04 Å². The van der Waals surface area contributed by atoms with Gasteiger partial charge in [0.2, 0.25) is 0 Å². The van der Waals surface area contributed by atoms with E-state index in [9.17, 15) is 5.26 Å². The lowest BCUT2D eigenvalue weighted by Crippen LogP contribution is -2.38. The van der Waals surface area contributed by atoms with Gasteiger partial charge in [-0.25, -0.2) is 0 Å². The number of morpholine rings is 1. The van der Waals surface area contributed by atoms with E-state index >= 15 is 0 Å². The quantitative estimate of drug-likeness (QED) is 0.829. The smallest absolute Gasteiger partial charge is 0.126 e. The highest BCUT2D eigenvalue weighted by atomic mass is 35.5. The Hall–Kier alpha value is -0.790. The molecule has 1 saturated heterocycles. The van der Waals surface area contributed by atoms with E-state index < -0.39 is 6.04 Å². The summed E-state index contributed by atoms with van der Waals surface area (Å²) in [5.74, 6) is 0. The largest absolute Gasteiger partial charge is 0.379 e. The molecule has 5 heteroatoms. The van der Waals surface area contributed by atoms with Crippen LogP contribution in [0.1, 0.15) is 11.6 Å². The number of ether oxygens (including phenoxy) is 1. The van der Waals surface area contributed by atoms with E-state index in [4.69, 9.17) is 27.9 Å². The van der Waals surface area contributed by atoms with Gasteiger partial charge in [0, 0.05) is 28.7 Å². The Morgan fingerprint density at radius 3 is 2.35 bits per heavy atom. The first-order valence-corrected chi connectivity index (χ1v) is 6.15. The second-order valence-corrected chi connectivity index (χ2v) is 4.63. The van der Waals surface area contributed by atoms with Crippen LogP contribution in [0.5, 0.6) is 0 Å². The molecular formula is C12H12Cl2N2O. The first-order chi connectivity index (χ1) is 8.24. The van der Waals surface area contributed by atoms with Crippen molar-refractivity contribution in [3.63, 3.8) is 0 Å². The van der Waals surface area contributed by atoms with Crippen molar-refractivity contribution in [1.29, 1.82) is 5.26 Å².